The van der Waals surface area contributed by atoms with Crippen LogP contribution in [0.4, 0.5) is 13.2 Å². The van der Waals surface area contributed by atoms with Crippen LogP contribution in [-0.2, 0) is 15.7 Å². The molecule has 0 aromatic carbocycles. The minimum atomic E-state index is -4.45. The lowest BCUT2D eigenvalue weighted by Gasteiger charge is -2.50. The van der Waals surface area contributed by atoms with Gasteiger partial charge in [-0.25, -0.2) is 4.98 Å². The molecular weight excluding hydrogens is 397 g/mol. The quantitative estimate of drug-likeness (QED) is 0.448. The molecule has 0 spiro atoms. The van der Waals surface area contributed by atoms with Crippen LogP contribution in [0, 0.1) is 18.8 Å². The normalized spacial score (nSPS) is 27.0. The zero-order valence-corrected chi connectivity index (χ0v) is 17.3. The number of alkyl halides is 3. The maximum absolute atomic E-state index is 12.8. The Bertz CT molecular complexity index is 701. The van der Waals surface area contributed by atoms with Crippen LogP contribution < -0.4 is 10.1 Å². The number of piperidine rings is 2. The molecule has 0 amide bonds. The van der Waals surface area contributed by atoms with Crippen molar-refractivity contribution in [3.05, 3.63) is 30.8 Å². The Morgan fingerprint density at radius 2 is 2.17 bits per heavy atom. The van der Waals surface area contributed by atoms with Crippen molar-refractivity contribution in [3.63, 3.8) is 0 Å². The molecule has 8 heteroatoms. The first kappa shape index (κ1) is 22.8. The monoisotopic (exact) mass is 427 g/mol. The summed E-state index contributed by atoms with van der Waals surface area (Å²) >= 11 is 0. The fourth-order valence-electron chi connectivity index (χ4n) is 4.15. The molecule has 3 fully saturated rings. The average molecular weight is 427 g/mol. The number of rotatable bonds is 9. The standard InChI is InChI=1S/C22H30F3N2O3/c1-3-4-5-6-7-15(2)20(28)30-21-11-10-16(13-27-21)12-18(21)29-19-9-8-17(14-26-19)22(23,24)25/h8-9,14-16,18,27H,2-7,10-13H2,1H3. The summed E-state index contributed by atoms with van der Waals surface area (Å²) in [5, 5.41) is 3.30. The van der Waals surface area contributed by atoms with Crippen molar-refractivity contribution in [1.29, 1.82) is 0 Å². The van der Waals surface area contributed by atoms with Crippen molar-refractivity contribution in [2.24, 2.45) is 11.8 Å². The number of carbonyl (C=O) groups excluding carboxylic acids is 1. The molecule has 3 heterocycles. The molecule has 167 valence electrons. The van der Waals surface area contributed by atoms with Gasteiger partial charge >= 0.3 is 12.1 Å². The number of ether oxygens (including phenoxy) is 2. The van der Waals surface area contributed by atoms with Gasteiger partial charge in [0.2, 0.25) is 11.6 Å². The van der Waals surface area contributed by atoms with Crippen molar-refractivity contribution >= 4 is 5.97 Å². The molecule has 1 saturated carbocycles. The zero-order chi connectivity index (χ0) is 21.8. The van der Waals surface area contributed by atoms with Crippen molar-refractivity contribution in [2.75, 3.05) is 6.54 Å². The fourth-order valence-corrected chi connectivity index (χ4v) is 4.15. The van der Waals surface area contributed by atoms with Gasteiger partial charge in [-0.2, -0.15) is 13.2 Å². The van der Waals surface area contributed by atoms with Gasteiger partial charge in [0.15, 0.2) is 6.10 Å². The van der Waals surface area contributed by atoms with Gasteiger partial charge in [0, 0.05) is 25.2 Å². The molecule has 4 unspecified atom stereocenters. The topological polar surface area (TPSA) is 60.5 Å². The minimum Gasteiger partial charge on any atom is -0.469 e. The van der Waals surface area contributed by atoms with Gasteiger partial charge < -0.3 is 9.47 Å². The molecule has 2 bridgehead atoms. The first-order valence-electron chi connectivity index (χ1n) is 10.7. The second kappa shape index (κ2) is 9.54. The molecule has 2 aliphatic heterocycles. The van der Waals surface area contributed by atoms with E-state index in [2.05, 4.69) is 24.1 Å². The predicted molar refractivity (Wildman–Crippen MR) is 105 cm³/mol. The molecule has 1 aromatic rings. The smallest absolute Gasteiger partial charge is 0.417 e. The number of pyridine rings is 1. The predicted octanol–water partition coefficient (Wildman–Crippen LogP) is 4.91. The summed E-state index contributed by atoms with van der Waals surface area (Å²) in [6.45, 7) is 6.80. The lowest BCUT2D eigenvalue weighted by atomic mass is 9.76. The third kappa shape index (κ3) is 5.45. The molecule has 3 aliphatic rings. The molecule has 1 radical (unpaired) electrons. The summed E-state index contributed by atoms with van der Waals surface area (Å²) < 4.78 is 50.1. The van der Waals surface area contributed by atoms with Gasteiger partial charge in [0.05, 0.1) is 11.5 Å². The number of halogens is 3. The third-order valence-corrected chi connectivity index (χ3v) is 6.03. The Labute approximate surface area is 175 Å². The van der Waals surface area contributed by atoms with Crippen LogP contribution in [0.3, 0.4) is 0 Å². The maximum Gasteiger partial charge on any atom is 0.417 e. The molecule has 5 nitrogen and oxygen atoms in total. The summed E-state index contributed by atoms with van der Waals surface area (Å²) in [5.74, 6) is -0.367. The van der Waals surface area contributed by atoms with E-state index in [9.17, 15) is 18.0 Å². The SMILES string of the molecule is [CH2]C(CCCCCC)C(=O)OC12CCC(CN1)CC2Oc1ccc(C(F)(F)F)cn1. The lowest BCUT2D eigenvalue weighted by Crippen LogP contribution is -2.67. The van der Waals surface area contributed by atoms with Gasteiger partial charge in [-0.3, -0.25) is 10.1 Å². The van der Waals surface area contributed by atoms with E-state index in [0.29, 0.717) is 31.7 Å². The third-order valence-electron chi connectivity index (χ3n) is 6.03. The Hall–Kier alpha value is -1.83. The van der Waals surface area contributed by atoms with E-state index < -0.39 is 29.5 Å². The van der Waals surface area contributed by atoms with Crippen molar-refractivity contribution in [1.82, 2.24) is 10.3 Å². The highest BCUT2D eigenvalue weighted by molar-refractivity contribution is 5.73. The molecule has 4 atom stereocenters. The Morgan fingerprint density at radius 3 is 2.77 bits per heavy atom. The summed E-state index contributed by atoms with van der Waals surface area (Å²) in [6.07, 6.45) is 2.86. The highest BCUT2D eigenvalue weighted by Gasteiger charge is 2.53. The number of unbranched alkanes of at least 4 members (excludes halogenated alkanes) is 3. The van der Waals surface area contributed by atoms with Gasteiger partial charge in [0.1, 0.15) is 0 Å². The highest BCUT2D eigenvalue weighted by Crippen LogP contribution is 2.40. The molecule has 4 rings (SSSR count). The summed E-state index contributed by atoms with van der Waals surface area (Å²) in [7, 11) is 0. The molecule has 1 aliphatic carbocycles. The van der Waals surface area contributed by atoms with Crippen LogP contribution in [0.2, 0.25) is 0 Å². The van der Waals surface area contributed by atoms with Crippen molar-refractivity contribution in [2.45, 2.75) is 76.3 Å². The van der Waals surface area contributed by atoms with Gasteiger partial charge in [-0.1, -0.05) is 32.6 Å². The van der Waals surface area contributed by atoms with E-state index in [1.54, 1.807) is 0 Å². The van der Waals surface area contributed by atoms with Crippen LogP contribution in [0.25, 0.3) is 0 Å². The van der Waals surface area contributed by atoms with Crippen LogP contribution in [0.15, 0.2) is 18.3 Å². The average Bonchev–Trinajstić information content (AvgIpc) is 2.72. The van der Waals surface area contributed by atoms with Crippen LogP contribution in [0.1, 0.15) is 63.9 Å². The Kier molecular flexibility index (Phi) is 7.26. The first-order chi connectivity index (χ1) is 14.2. The van der Waals surface area contributed by atoms with E-state index >= 15 is 0 Å². The summed E-state index contributed by atoms with van der Waals surface area (Å²) in [5.41, 5.74) is -1.82. The number of hydrogen-bond acceptors (Lipinski definition) is 5. The highest BCUT2D eigenvalue weighted by atomic mass is 19.4. The van der Waals surface area contributed by atoms with Crippen LogP contribution in [0.5, 0.6) is 5.88 Å². The van der Waals surface area contributed by atoms with E-state index in [1.807, 2.05) is 0 Å². The molecule has 1 aromatic heterocycles. The first-order valence-corrected chi connectivity index (χ1v) is 10.7. The number of fused-ring (bicyclic) bond motifs is 3. The van der Waals surface area contributed by atoms with Crippen LogP contribution >= 0.6 is 0 Å². The van der Waals surface area contributed by atoms with Gasteiger partial charge in [0.25, 0.3) is 0 Å². The van der Waals surface area contributed by atoms with E-state index in [1.165, 1.54) is 6.07 Å². The fraction of sp³-hybridized carbons (Fsp3) is 0.682. The number of carbonyl (C=O) groups is 1. The van der Waals surface area contributed by atoms with Crippen LogP contribution in [-0.4, -0.2) is 29.3 Å². The number of hydrogen-bond donors (Lipinski definition) is 1. The Morgan fingerprint density at radius 1 is 1.37 bits per heavy atom. The molecule has 1 N–H and O–H groups in total. The summed E-state index contributed by atoms with van der Waals surface area (Å²) in [4.78, 5) is 16.5. The lowest BCUT2D eigenvalue weighted by molar-refractivity contribution is -0.202. The Balaban J connectivity index is 1.64. The summed E-state index contributed by atoms with van der Waals surface area (Å²) in [6, 6.07) is 2.15. The maximum atomic E-state index is 12.8. The number of nitrogens with zero attached hydrogens (tertiary/aromatic N) is 1. The van der Waals surface area contributed by atoms with E-state index in [4.69, 9.17) is 9.47 Å². The van der Waals surface area contributed by atoms with E-state index in [0.717, 1.165) is 44.4 Å². The number of esters is 1. The van der Waals surface area contributed by atoms with Crippen molar-refractivity contribution < 1.29 is 27.4 Å². The molecule has 2 saturated heterocycles. The van der Waals surface area contributed by atoms with Gasteiger partial charge in [-0.05, 0) is 38.2 Å². The number of aromatic nitrogens is 1. The molecular formula is C22H30F3N2O3. The van der Waals surface area contributed by atoms with Crippen molar-refractivity contribution in [3.8, 4) is 5.88 Å². The second-order valence-electron chi connectivity index (χ2n) is 8.37. The van der Waals surface area contributed by atoms with Gasteiger partial charge in [-0.15, -0.1) is 0 Å². The number of nitrogens with one attached hydrogen (secondary N) is 1. The largest absolute Gasteiger partial charge is 0.469 e. The minimum absolute atomic E-state index is 0.0866. The molecule has 30 heavy (non-hydrogen) atoms. The zero-order valence-electron chi connectivity index (χ0n) is 17.3. The van der Waals surface area contributed by atoms with E-state index in [-0.39, 0.29) is 11.8 Å². The second-order valence-corrected chi connectivity index (χ2v) is 8.37.